The van der Waals surface area contributed by atoms with Gasteiger partial charge in [-0.05, 0) is 58.4 Å². The van der Waals surface area contributed by atoms with Gasteiger partial charge in [0.15, 0.2) is 0 Å². The van der Waals surface area contributed by atoms with Crippen molar-refractivity contribution in [3.8, 4) is 0 Å². The van der Waals surface area contributed by atoms with E-state index < -0.39 is 10.0 Å². The molecule has 3 aromatic rings. The van der Waals surface area contributed by atoms with E-state index >= 15 is 0 Å². The molecular formula is C22H27N5O2S. The van der Waals surface area contributed by atoms with Crippen molar-refractivity contribution < 1.29 is 8.42 Å². The van der Waals surface area contributed by atoms with Crippen LogP contribution in [0.3, 0.4) is 0 Å². The minimum atomic E-state index is -3.57. The highest BCUT2D eigenvalue weighted by molar-refractivity contribution is 7.89. The maximum atomic E-state index is 13.1. The molecular weight excluding hydrogens is 398 g/mol. The van der Waals surface area contributed by atoms with Gasteiger partial charge in [-0.25, -0.2) is 8.42 Å². The SMILES string of the molecule is Cc1ccc(Nc2cc(C)nc(C3CCN(S(=O)(=O)c4c(C)n[nH]c4C)C3)c2)cc1. The number of aryl methyl sites for hydroxylation is 4. The van der Waals surface area contributed by atoms with E-state index in [0.29, 0.717) is 29.4 Å². The molecule has 0 amide bonds. The normalized spacial score (nSPS) is 17.4. The molecule has 1 aliphatic rings. The number of sulfonamides is 1. The number of nitrogens with one attached hydrogen (secondary N) is 2. The van der Waals surface area contributed by atoms with E-state index in [4.69, 9.17) is 4.98 Å². The van der Waals surface area contributed by atoms with Gasteiger partial charge in [0.25, 0.3) is 0 Å². The number of aromatic amines is 1. The average Bonchev–Trinajstić information content (AvgIpc) is 3.31. The Morgan fingerprint density at radius 3 is 2.47 bits per heavy atom. The third kappa shape index (κ3) is 3.97. The van der Waals surface area contributed by atoms with Gasteiger partial charge in [-0.2, -0.15) is 9.40 Å². The van der Waals surface area contributed by atoms with Crippen molar-refractivity contribution >= 4 is 21.4 Å². The van der Waals surface area contributed by atoms with E-state index in [1.165, 1.54) is 5.56 Å². The molecule has 30 heavy (non-hydrogen) atoms. The lowest BCUT2D eigenvalue weighted by Crippen LogP contribution is -2.29. The highest BCUT2D eigenvalue weighted by Gasteiger charge is 2.36. The Bertz CT molecular complexity index is 1150. The lowest BCUT2D eigenvalue weighted by Gasteiger charge is -2.17. The Morgan fingerprint density at radius 1 is 1.07 bits per heavy atom. The molecule has 0 saturated carbocycles. The first-order valence-corrected chi connectivity index (χ1v) is 11.5. The lowest BCUT2D eigenvalue weighted by molar-refractivity contribution is 0.471. The second-order valence-electron chi connectivity index (χ2n) is 8.02. The summed E-state index contributed by atoms with van der Waals surface area (Å²) in [5, 5.41) is 10.3. The van der Waals surface area contributed by atoms with Gasteiger partial charge in [0.1, 0.15) is 4.90 Å². The average molecular weight is 426 g/mol. The predicted molar refractivity (Wildman–Crippen MR) is 118 cm³/mol. The van der Waals surface area contributed by atoms with Crippen LogP contribution in [-0.2, 0) is 10.0 Å². The summed E-state index contributed by atoms with van der Waals surface area (Å²) in [6.07, 6.45) is 0.746. The fourth-order valence-corrected chi connectivity index (χ4v) is 5.85. The Hall–Kier alpha value is -2.71. The Labute approximate surface area is 177 Å². The number of hydrogen-bond donors (Lipinski definition) is 2. The van der Waals surface area contributed by atoms with Crippen LogP contribution < -0.4 is 5.32 Å². The molecule has 2 N–H and O–H groups in total. The summed E-state index contributed by atoms with van der Waals surface area (Å²) in [6, 6.07) is 12.3. The number of rotatable bonds is 5. The van der Waals surface area contributed by atoms with Crippen LogP contribution in [0.4, 0.5) is 11.4 Å². The minimum Gasteiger partial charge on any atom is -0.355 e. The molecule has 0 spiro atoms. The van der Waals surface area contributed by atoms with Crippen molar-refractivity contribution in [2.24, 2.45) is 0 Å². The standard InChI is InChI=1S/C22H27N5O2S/c1-14-5-7-19(8-6-14)24-20-11-15(2)23-21(12-20)18-9-10-27(13-18)30(28,29)22-16(3)25-26-17(22)4/h5-8,11-12,18H,9-10,13H2,1-4H3,(H,23,24)(H,25,26). The number of benzene rings is 1. The van der Waals surface area contributed by atoms with E-state index in [-0.39, 0.29) is 5.92 Å². The number of H-pyrrole nitrogens is 1. The summed E-state index contributed by atoms with van der Waals surface area (Å²) in [5.74, 6) is 0.0609. The molecule has 0 bridgehead atoms. The Kier molecular flexibility index (Phi) is 5.38. The van der Waals surface area contributed by atoms with Crippen molar-refractivity contribution in [3.05, 3.63) is 64.7 Å². The maximum absolute atomic E-state index is 13.1. The zero-order chi connectivity index (χ0) is 21.5. The van der Waals surface area contributed by atoms with Gasteiger partial charge in [-0.15, -0.1) is 0 Å². The number of pyridine rings is 1. The number of anilines is 2. The van der Waals surface area contributed by atoms with Gasteiger partial charge in [0, 0.05) is 41.8 Å². The summed E-state index contributed by atoms with van der Waals surface area (Å²) in [6.45, 7) is 8.39. The highest BCUT2D eigenvalue weighted by Crippen LogP contribution is 2.33. The van der Waals surface area contributed by atoms with Crippen molar-refractivity contribution in [1.29, 1.82) is 0 Å². The first-order valence-electron chi connectivity index (χ1n) is 10.1. The zero-order valence-corrected chi connectivity index (χ0v) is 18.5. The topological polar surface area (TPSA) is 91.0 Å². The Morgan fingerprint density at radius 2 is 1.80 bits per heavy atom. The van der Waals surface area contributed by atoms with Gasteiger partial charge in [-0.1, -0.05) is 17.7 Å². The smallest absolute Gasteiger partial charge is 0.246 e. The molecule has 1 fully saturated rings. The summed E-state index contributed by atoms with van der Waals surface area (Å²) < 4.78 is 27.9. The summed E-state index contributed by atoms with van der Waals surface area (Å²) in [7, 11) is -3.57. The molecule has 2 aromatic heterocycles. The highest BCUT2D eigenvalue weighted by atomic mass is 32.2. The molecule has 8 heteroatoms. The first-order chi connectivity index (χ1) is 14.2. The molecule has 1 aromatic carbocycles. The van der Waals surface area contributed by atoms with Gasteiger partial charge in [0.05, 0.1) is 11.4 Å². The summed E-state index contributed by atoms with van der Waals surface area (Å²) in [5.41, 5.74) is 6.10. The first kappa shape index (κ1) is 20.6. The molecule has 1 atom stereocenters. The van der Waals surface area contributed by atoms with Crippen LogP contribution in [0.15, 0.2) is 41.3 Å². The van der Waals surface area contributed by atoms with Gasteiger partial charge in [0.2, 0.25) is 10.0 Å². The van der Waals surface area contributed by atoms with Gasteiger partial charge < -0.3 is 5.32 Å². The molecule has 158 valence electrons. The van der Waals surface area contributed by atoms with Crippen LogP contribution in [0.2, 0.25) is 0 Å². The molecule has 0 radical (unpaired) electrons. The van der Waals surface area contributed by atoms with Crippen LogP contribution in [0.1, 0.15) is 40.7 Å². The van der Waals surface area contributed by atoms with Crippen molar-refractivity contribution in [2.45, 2.75) is 44.9 Å². The number of aromatic nitrogens is 3. The predicted octanol–water partition coefficient (Wildman–Crippen LogP) is 3.96. The number of nitrogens with zero attached hydrogens (tertiary/aromatic N) is 3. The molecule has 1 aliphatic heterocycles. The molecule has 0 aliphatic carbocycles. The monoisotopic (exact) mass is 425 g/mol. The minimum absolute atomic E-state index is 0.0609. The molecule has 4 rings (SSSR count). The molecule has 1 unspecified atom stereocenters. The van der Waals surface area contributed by atoms with E-state index in [9.17, 15) is 8.42 Å². The zero-order valence-electron chi connectivity index (χ0n) is 17.7. The molecule has 7 nitrogen and oxygen atoms in total. The van der Waals surface area contributed by atoms with E-state index in [0.717, 1.165) is 29.2 Å². The van der Waals surface area contributed by atoms with E-state index in [1.54, 1.807) is 18.2 Å². The van der Waals surface area contributed by atoms with E-state index in [1.807, 2.05) is 31.2 Å². The lowest BCUT2D eigenvalue weighted by atomic mass is 10.0. The Balaban J connectivity index is 1.55. The quantitative estimate of drug-likeness (QED) is 0.646. The van der Waals surface area contributed by atoms with Crippen LogP contribution in [0, 0.1) is 27.7 Å². The summed E-state index contributed by atoms with van der Waals surface area (Å²) in [4.78, 5) is 5.00. The second-order valence-corrected chi connectivity index (χ2v) is 9.90. The van der Waals surface area contributed by atoms with Crippen molar-refractivity contribution in [2.75, 3.05) is 18.4 Å². The fourth-order valence-electron chi connectivity index (χ4n) is 4.02. The van der Waals surface area contributed by atoms with E-state index in [2.05, 4.69) is 34.6 Å². The molecule has 3 heterocycles. The largest absolute Gasteiger partial charge is 0.355 e. The van der Waals surface area contributed by atoms with Gasteiger partial charge in [-0.3, -0.25) is 10.1 Å². The summed E-state index contributed by atoms with van der Waals surface area (Å²) >= 11 is 0. The van der Waals surface area contributed by atoms with Crippen LogP contribution in [0.5, 0.6) is 0 Å². The van der Waals surface area contributed by atoms with Crippen LogP contribution in [-0.4, -0.2) is 41.0 Å². The molecule has 1 saturated heterocycles. The second kappa shape index (κ2) is 7.85. The van der Waals surface area contributed by atoms with Crippen molar-refractivity contribution in [3.63, 3.8) is 0 Å². The van der Waals surface area contributed by atoms with Crippen LogP contribution in [0.25, 0.3) is 0 Å². The van der Waals surface area contributed by atoms with Crippen LogP contribution >= 0.6 is 0 Å². The van der Waals surface area contributed by atoms with Gasteiger partial charge >= 0.3 is 0 Å². The number of hydrogen-bond acceptors (Lipinski definition) is 5. The third-order valence-electron chi connectivity index (χ3n) is 5.54. The fraction of sp³-hybridized carbons (Fsp3) is 0.364. The maximum Gasteiger partial charge on any atom is 0.246 e. The van der Waals surface area contributed by atoms with Crippen molar-refractivity contribution in [1.82, 2.24) is 19.5 Å². The third-order valence-corrected chi connectivity index (χ3v) is 7.67.